The first-order valence-corrected chi connectivity index (χ1v) is 8.39. The van der Waals surface area contributed by atoms with Crippen LogP contribution in [0.5, 0.6) is 0 Å². The lowest BCUT2D eigenvalue weighted by atomic mass is 9.88. The van der Waals surface area contributed by atoms with Crippen LogP contribution >= 0.6 is 0 Å². The molecular formula is C20H26O2. The highest BCUT2D eigenvalue weighted by atomic mass is 16.5. The first-order chi connectivity index (χ1) is 10.7. The summed E-state index contributed by atoms with van der Waals surface area (Å²) in [6.45, 7) is 6.70. The van der Waals surface area contributed by atoms with Gasteiger partial charge in [-0.15, -0.1) is 0 Å². The number of carbonyl (C=O) groups is 1. The second-order valence-corrected chi connectivity index (χ2v) is 5.70. The van der Waals surface area contributed by atoms with Crippen LogP contribution in [0.2, 0.25) is 0 Å². The van der Waals surface area contributed by atoms with Crippen molar-refractivity contribution in [3.05, 3.63) is 47.0 Å². The molecule has 0 saturated carbocycles. The Morgan fingerprint density at radius 2 is 1.68 bits per heavy atom. The normalized spacial score (nSPS) is 10.9. The monoisotopic (exact) mass is 298 g/mol. The van der Waals surface area contributed by atoms with Crippen LogP contribution in [0.3, 0.4) is 0 Å². The first-order valence-electron chi connectivity index (χ1n) is 8.39. The summed E-state index contributed by atoms with van der Waals surface area (Å²) in [5, 5.41) is 2.56. The zero-order valence-electron chi connectivity index (χ0n) is 13.9. The molecule has 0 atom stereocenters. The van der Waals surface area contributed by atoms with Crippen molar-refractivity contribution in [2.45, 2.75) is 52.9 Å². The van der Waals surface area contributed by atoms with E-state index in [0.29, 0.717) is 13.0 Å². The second-order valence-electron chi connectivity index (χ2n) is 5.70. The van der Waals surface area contributed by atoms with Crippen LogP contribution in [0.1, 0.15) is 50.3 Å². The van der Waals surface area contributed by atoms with E-state index in [1.54, 1.807) is 0 Å². The van der Waals surface area contributed by atoms with Gasteiger partial charge in [0.05, 0.1) is 13.0 Å². The van der Waals surface area contributed by atoms with Gasteiger partial charge < -0.3 is 4.74 Å². The maximum Gasteiger partial charge on any atom is 0.310 e. The van der Waals surface area contributed by atoms with Crippen LogP contribution in [0.25, 0.3) is 10.8 Å². The summed E-state index contributed by atoms with van der Waals surface area (Å²) < 4.78 is 5.15. The van der Waals surface area contributed by atoms with Crippen LogP contribution in [-0.4, -0.2) is 12.6 Å². The predicted octanol–water partition coefficient (Wildman–Crippen LogP) is 4.85. The van der Waals surface area contributed by atoms with Gasteiger partial charge in [-0.2, -0.15) is 0 Å². The molecule has 0 amide bonds. The van der Waals surface area contributed by atoms with Gasteiger partial charge in [-0.25, -0.2) is 0 Å². The maximum absolute atomic E-state index is 12.0. The van der Waals surface area contributed by atoms with Gasteiger partial charge in [0.25, 0.3) is 0 Å². The zero-order chi connectivity index (χ0) is 15.9. The number of hydrogen-bond donors (Lipinski definition) is 0. The van der Waals surface area contributed by atoms with Crippen molar-refractivity contribution in [2.75, 3.05) is 6.61 Å². The highest BCUT2D eigenvalue weighted by Crippen LogP contribution is 2.29. The van der Waals surface area contributed by atoms with Crippen LogP contribution < -0.4 is 0 Å². The van der Waals surface area contributed by atoms with Crippen LogP contribution in [0.15, 0.2) is 30.3 Å². The molecule has 118 valence electrons. The summed E-state index contributed by atoms with van der Waals surface area (Å²) in [6.07, 6.45) is 4.67. The predicted molar refractivity (Wildman–Crippen MR) is 92.3 cm³/mol. The molecule has 0 aromatic heterocycles. The molecule has 22 heavy (non-hydrogen) atoms. The van der Waals surface area contributed by atoms with E-state index in [2.05, 4.69) is 44.2 Å². The lowest BCUT2D eigenvalue weighted by Gasteiger charge is -2.17. The van der Waals surface area contributed by atoms with E-state index in [9.17, 15) is 4.79 Å². The van der Waals surface area contributed by atoms with E-state index in [1.165, 1.54) is 21.9 Å². The molecule has 0 fully saturated rings. The average molecular weight is 298 g/mol. The Kier molecular flexibility index (Phi) is 6.00. The number of fused-ring (bicyclic) bond motifs is 1. The van der Waals surface area contributed by atoms with E-state index in [-0.39, 0.29) is 5.97 Å². The van der Waals surface area contributed by atoms with Gasteiger partial charge in [-0.1, -0.05) is 57.0 Å². The standard InChI is InChI=1S/C20H26O2/c1-4-9-17-16(14-20(21)22-6-3)13-15-11-7-8-12-18(15)19(17)10-5-2/h7-8,11-13H,4-6,9-10,14H2,1-3H3. The summed E-state index contributed by atoms with van der Waals surface area (Å²) in [5.74, 6) is -0.127. The smallest absolute Gasteiger partial charge is 0.310 e. The molecule has 0 bridgehead atoms. The molecule has 2 rings (SSSR count). The minimum atomic E-state index is -0.127. The lowest BCUT2D eigenvalue weighted by molar-refractivity contribution is -0.142. The lowest BCUT2D eigenvalue weighted by Crippen LogP contribution is -2.11. The number of ether oxygens (including phenoxy) is 1. The topological polar surface area (TPSA) is 26.3 Å². The third-order valence-electron chi connectivity index (χ3n) is 4.01. The summed E-state index contributed by atoms with van der Waals surface area (Å²) >= 11 is 0. The van der Waals surface area contributed by atoms with Gasteiger partial charge in [0.15, 0.2) is 0 Å². The number of benzene rings is 2. The molecule has 0 N–H and O–H groups in total. The SMILES string of the molecule is CCCc1c(CC(=O)OCC)cc2ccccc2c1CCC. The van der Waals surface area contributed by atoms with E-state index in [4.69, 9.17) is 4.74 Å². The number of carbonyl (C=O) groups excluding carboxylic acids is 1. The third kappa shape index (κ3) is 3.68. The van der Waals surface area contributed by atoms with E-state index >= 15 is 0 Å². The Morgan fingerprint density at radius 1 is 1.00 bits per heavy atom. The fourth-order valence-corrected chi connectivity index (χ4v) is 3.15. The highest BCUT2D eigenvalue weighted by molar-refractivity contribution is 5.89. The van der Waals surface area contributed by atoms with Gasteiger partial charge in [0.2, 0.25) is 0 Å². The summed E-state index contributed by atoms with van der Waals surface area (Å²) in [7, 11) is 0. The van der Waals surface area contributed by atoms with Crippen LogP contribution in [0, 0.1) is 0 Å². The molecule has 2 aromatic carbocycles. The molecule has 0 aliphatic rings. The largest absolute Gasteiger partial charge is 0.466 e. The van der Waals surface area contributed by atoms with Gasteiger partial charge in [0.1, 0.15) is 0 Å². The Hall–Kier alpha value is -1.83. The Bertz CT molecular complexity index is 643. The second kappa shape index (κ2) is 7.98. The molecule has 0 heterocycles. The van der Waals surface area contributed by atoms with Crippen molar-refractivity contribution in [3.8, 4) is 0 Å². The van der Waals surface area contributed by atoms with E-state index in [0.717, 1.165) is 31.2 Å². The Morgan fingerprint density at radius 3 is 2.36 bits per heavy atom. The third-order valence-corrected chi connectivity index (χ3v) is 4.01. The minimum Gasteiger partial charge on any atom is -0.466 e. The van der Waals surface area contributed by atoms with Crippen molar-refractivity contribution < 1.29 is 9.53 Å². The van der Waals surface area contributed by atoms with Gasteiger partial charge >= 0.3 is 5.97 Å². The molecule has 0 spiro atoms. The number of rotatable bonds is 7. The highest BCUT2D eigenvalue weighted by Gasteiger charge is 2.15. The zero-order valence-corrected chi connectivity index (χ0v) is 13.9. The number of esters is 1. The minimum absolute atomic E-state index is 0.127. The Labute approximate surface area is 133 Å². The quantitative estimate of drug-likeness (QED) is 0.683. The summed E-state index contributed by atoms with van der Waals surface area (Å²) in [6, 6.07) is 10.7. The fraction of sp³-hybridized carbons (Fsp3) is 0.450. The molecule has 0 aliphatic heterocycles. The van der Waals surface area contributed by atoms with E-state index in [1.807, 2.05) is 6.92 Å². The van der Waals surface area contributed by atoms with Crippen molar-refractivity contribution in [2.24, 2.45) is 0 Å². The molecule has 0 unspecified atom stereocenters. The number of hydrogen-bond acceptors (Lipinski definition) is 2. The van der Waals surface area contributed by atoms with Gasteiger partial charge in [-0.3, -0.25) is 4.79 Å². The summed E-state index contributed by atoms with van der Waals surface area (Å²) in [4.78, 5) is 12.0. The molecule has 2 heteroatoms. The van der Waals surface area contributed by atoms with Crippen molar-refractivity contribution in [3.63, 3.8) is 0 Å². The van der Waals surface area contributed by atoms with Crippen LogP contribution in [0.4, 0.5) is 0 Å². The molecule has 0 saturated heterocycles. The van der Waals surface area contributed by atoms with Crippen LogP contribution in [-0.2, 0) is 28.8 Å². The Balaban J connectivity index is 2.56. The fourth-order valence-electron chi connectivity index (χ4n) is 3.15. The van der Waals surface area contributed by atoms with Gasteiger partial charge in [-0.05, 0) is 47.2 Å². The summed E-state index contributed by atoms with van der Waals surface area (Å²) in [5.41, 5.74) is 3.92. The van der Waals surface area contributed by atoms with Crippen molar-refractivity contribution in [1.29, 1.82) is 0 Å². The molecule has 0 radical (unpaired) electrons. The molecule has 2 nitrogen and oxygen atoms in total. The molecule has 2 aromatic rings. The van der Waals surface area contributed by atoms with Crippen molar-refractivity contribution in [1.82, 2.24) is 0 Å². The number of aryl methyl sites for hydroxylation is 1. The molecule has 0 aliphatic carbocycles. The first kappa shape index (κ1) is 16.5. The maximum atomic E-state index is 12.0. The molecular weight excluding hydrogens is 272 g/mol. The van der Waals surface area contributed by atoms with Gasteiger partial charge in [0, 0.05) is 0 Å². The van der Waals surface area contributed by atoms with E-state index < -0.39 is 0 Å². The average Bonchev–Trinajstić information content (AvgIpc) is 2.51. The van der Waals surface area contributed by atoms with Crippen molar-refractivity contribution >= 4 is 16.7 Å².